The molecule has 1 spiro atoms. The van der Waals surface area contributed by atoms with Gasteiger partial charge in [0.25, 0.3) is 17.4 Å². The van der Waals surface area contributed by atoms with Crippen molar-refractivity contribution in [3.05, 3.63) is 11.3 Å². The monoisotopic (exact) mass is 543 g/mol. The highest BCUT2D eigenvalue weighted by atomic mass is 16.5. The molecule has 5 heterocycles. The van der Waals surface area contributed by atoms with Gasteiger partial charge in [0.15, 0.2) is 6.10 Å². The number of aromatic nitrogens is 3. The average molecular weight is 544 g/mol. The van der Waals surface area contributed by atoms with E-state index in [0.29, 0.717) is 42.0 Å². The summed E-state index contributed by atoms with van der Waals surface area (Å²) in [4.78, 5) is 29.9. The molecule has 208 valence electrons. The van der Waals surface area contributed by atoms with Gasteiger partial charge in [-0.05, 0) is 65.0 Å². The average Bonchev–Trinajstić information content (AvgIpc) is 3.78. The second-order valence-electron chi connectivity index (χ2n) is 11.7. The topological polar surface area (TPSA) is 106 Å². The number of ether oxygens (including phenoxy) is 2. The van der Waals surface area contributed by atoms with Gasteiger partial charge in [-0.1, -0.05) is 27.5 Å². The summed E-state index contributed by atoms with van der Waals surface area (Å²) in [5.41, 5.74) is 1.72. The fraction of sp³-hybridized carbons (Fsp3) is 0.600. The minimum Gasteiger partial charge on any atom is -0.457 e. The summed E-state index contributed by atoms with van der Waals surface area (Å²) in [6.07, 6.45) is 18.2. The van der Waals surface area contributed by atoms with Crippen LogP contribution in [0.4, 0.5) is 11.5 Å². The van der Waals surface area contributed by atoms with Crippen molar-refractivity contribution in [2.24, 2.45) is 10.9 Å². The van der Waals surface area contributed by atoms with Gasteiger partial charge in [-0.15, -0.1) is 6.42 Å². The first-order valence-corrected chi connectivity index (χ1v) is 14.6. The Balaban J connectivity index is 1.32. The molecule has 2 saturated heterocycles. The summed E-state index contributed by atoms with van der Waals surface area (Å²) in [5.74, 6) is 5.23. The minimum atomic E-state index is -0.545. The van der Waals surface area contributed by atoms with Gasteiger partial charge < -0.3 is 14.0 Å². The van der Waals surface area contributed by atoms with Crippen molar-refractivity contribution in [3.8, 4) is 29.8 Å². The normalized spacial score (nSPS) is 29.6. The van der Waals surface area contributed by atoms with Crippen LogP contribution in [0.15, 0.2) is 9.52 Å². The minimum absolute atomic E-state index is 0.0953. The summed E-state index contributed by atoms with van der Waals surface area (Å²) in [7, 11) is 2.07. The fourth-order valence-corrected chi connectivity index (χ4v) is 7.13. The number of rotatable bonds is 5. The van der Waals surface area contributed by atoms with E-state index in [1.165, 1.54) is 0 Å². The van der Waals surface area contributed by atoms with Crippen LogP contribution in [-0.4, -0.2) is 81.9 Å². The first kappa shape index (κ1) is 25.5. The highest BCUT2D eigenvalue weighted by Crippen LogP contribution is 2.48. The Labute approximate surface area is 233 Å². The van der Waals surface area contributed by atoms with Crippen LogP contribution in [0.3, 0.4) is 0 Å². The summed E-state index contributed by atoms with van der Waals surface area (Å²) in [6.45, 7) is 2.39. The molecule has 2 aliphatic carbocycles. The Morgan fingerprint density at radius 3 is 2.90 bits per heavy atom. The number of likely N-dealkylation sites (N-methyl/N-ethyl adjacent to an activating group) is 1. The molecule has 5 aliphatic rings. The Morgan fingerprint density at radius 2 is 2.12 bits per heavy atom. The van der Waals surface area contributed by atoms with E-state index in [1.54, 1.807) is 6.34 Å². The molecule has 3 fully saturated rings. The van der Waals surface area contributed by atoms with Gasteiger partial charge in [0.2, 0.25) is 12.1 Å². The largest absolute Gasteiger partial charge is 0.457 e. The first-order valence-electron chi connectivity index (χ1n) is 14.6. The zero-order valence-electron chi connectivity index (χ0n) is 23.0. The van der Waals surface area contributed by atoms with Crippen molar-refractivity contribution >= 4 is 29.8 Å². The highest BCUT2D eigenvalue weighted by Gasteiger charge is 2.48. The molecule has 3 aliphatic heterocycles. The van der Waals surface area contributed by atoms with E-state index in [1.807, 2.05) is 4.58 Å². The summed E-state index contributed by atoms with van der Waals surface area (Å²) in [6, 6.07) is 0.0953. The van der Waals surface area contributed by atoms with Gasteiger partial charge in [-0.2, -0.15) is 4.98 Å². The third-order valence-corrected chi connectivity index (χ3v) is 9.32. The van der Waals surface area contributed by atoms with Crippen molar-refractivity contribution in [2.45, 2.75) is 81.8 Å². The number of hydrogen-bond donors (Lipinski definition) is 0. The molecule has 0 radical (unpaired) electrons. The number of hydrogen-bond acceptors (Lipinski definition) is 9. The Kier molecular flexibility index (Phi) is 6.51. The lowest BCUT2D eigenvalue weighted by atomic mass is 9.64. The molecule has 10 heteroatoms. The number of fused-ring (bicyclic) bond motifs is 3. The predicted molar refractivity (Wildman–Crippen MR) is 148 cm³/mol. The van der Waals surface area contributed by atoms with Crippen LogP contribution in [0.5, 0.6) is 5.88 Å². The lowest BCUT2D eigenvalue weighted by molar-refractivity contribution is -0.291. The number of carbonyl (C=O) groups is 1. The first-order chi connectivity index (χ1) is 19.6. The number of aliphatic imine (C=N–C) groups is 1. The Bertz CT molecular complexity index is 1430. The fourth-order valence-electron chi connectivity index (χ4n) is 7.13. The molecule has 10 nitrogen and oxygen atoms in total. The van der Waals surface area contributed by atoms with E-state index < -0.39 is 11.5 Å². The molecular formula is C30H35N6O4+. The zero-order valence-corrected chi connectivity index (χ0v) is 23.0. The molecule has 0 bridgehead atoms. The molecule has 0 amide bonds. The maximum atomic E-state index is 13.2. The second kappa shape index (κ2) is 10.2. The van der Waals surface area contributed by atoms with Gasteiger partial charge in [-0.3, -0.25) is 9.69 Å². The SMILES string of the molecule is C#C[C@H](Oc1nc(-c2onc3c2CCC[C@@]32CCCCC2=O)nc2c1N=C/[N+]2=C\C1CCOC1)[C@@H]1CCCN1C. The summed E-state index contributed by atoms with van der Waals surface area (Å²) in [5, 5.41) is 4.51. The number of carbonyl (C=O) groups excluding carboxylic acids is 1. The van der Waals surface area contributed by atoms with Crippen LogP contribution >= 0.6 is 0 Å². The van der Waals surface area contributed by atoms with Crippen LogP contribution in [-0.2, 0) is 21.4 Å². The lowest BCUT2D eigenvalue weighted by Gasteiger charge is -2.37. The van der Waals surface area contributed by atoms with Crippen LogP contribution in [0.25, 0.3) is 11.6 Å². The number of likely N-dealkylation sites (tertiary alicyclic amines) is 1. The van der Waals surface area contributed by atoms with Gasteiger partial charge in [0, 0.05) is 24.5 Å². The predicted octanol–water partition coefficient (Wildman–Crippen LogP) is 3.75. The number of ketones is 1. The molecule has 2 aromatic heterocycles. The zero-order chi connectivity index (χ0) is 27.3. The van der Waals surface area contributed by atoms with Gasteiger partial charge in [0.05, 0.1) is 24.3 Å². The van der Waals surface area contributed by atoms with Crippen LogP contribution < -0.4 is 4.74 Å². The van der Waals surface area contributed by atoms with Crippen molar-refractivity contribution in [2.75, 3.05) is 26.8 Å². The van der Waals surface area contributed by atoms with Crippen LogP contribution in [0.2, 0.25) is 0 Å². The van der Waals surface area contributed by atoms with E-state index >= 15 is 0 Å². The van der Waals surface area contributed by atoms with E-state index in [9.17, 15) is 4.79 Å². The number of nitrogens with zero attached hydrogens (tertiary/aromatic N) is 6. The van der Waals surface area contributed by atoms with Gasteiger partial charge in [-0.25, -0.2) is 4.58 Å². The van der Waals surface area contributed by atoms with E-state index in [4.69, 9.17) is 30.4 Å². The number of Topliss-reactive ketones (excluding diaryl/α,β-unsaturated/α-hetero) is 1. The smallest absolute Gasteiger partial charge is 0.317 e. The van der Waals surface area contributed by atoms with Gasteiger partial charge in [0.1, 0.15) is 11.5 Å². The van der Waals surface area contributed by atoms with E-state index in [2.05, 4.69) is 34.2 Å². The number of terminal acetylenes is 1. The molecule has 4 atom stereocenters. The lowest BCUT2D eigenvalue weighted by Crippen LogP contribution is -2.41. The van der Waals surface area contributed by atoms with Crippen molar-refractivity contribution in [1.82, 2.24) is 20.0 Å². The van der Waals surface area contributed by atoms with Crippen LogP contribution in [0, 0.1) is 18.3 Å². The maximum Gasteiger partial charge on any atom is 0.317 e. The highest BCUT2D eigenvalue weighted by molar-refractivity contribution is 5.91. The quantitative estimate of drug-likeness (QED) is 0.415. The molecule has 0 N–H and O–H groups in total. The molecule has 2 aromatic rings. The van der Waals surface area contributed by atoms with Crippen molar-refractivity contribution < 1.29 is 23.4 Å². The van der Waals surface area contributed by atoms with Crippen molar-refractivity contribution in [3.63, 3.8) is 0 Å². The van der Waals surface area contributed by atoms with Gasteiger partial charge >= 0.3 is 5.82 Å². The standard InChI is InChI=1S/C30H35N6O4/c1-3-22(21-9-7-14-35(21)2)39-29-24-28(36(18-31-24)16-19-11-15-38-17-19)32-27(33-29)25-20-8-6-13-30(26(20)34-40-25)12-5-4-10-23(30)37/h1,16,18-19,21-22H,4-15,17H2,2H3/q+1/b36-16+/t19?,21-,22-,30+/m0/s1. The maximum absolute atomic E-state index is 13.2. The Morgan fingerprint density at radius 1 is 1.23 bits per heavy atom. The summed E-state index contributed by atoms with van der Waals surface area (Å²) < 4.78 is 20.0. The van der Waals surface area contributed by atoms with E-state index in [-0.39, 0.29) is 17.7 Å². The molecule has 0 aromatic carbocycles. The second-order valence-corrected chi connectivity index (χ2v) is 11.7. The third-order valence-electron chi connectivity index (χ3n) is 9.32. The van der Waals surface area contributed by atoms with Crippen molar-refractivity contribution in [1.29, 1.82) is 0 Å². The van der Waals surface area contributed by atoms with Crippen LogP contribution in [0.1, 0.15) is 69.0 Å². The molecule has 40 heavy (non-hydrogen) atoms. The molecule has 7 rings (SSSR count). The van der Waals surface area contributed by atoms with E-state index in [0.717, 1.165) is 82.2 Å². The third kappa shape index (κ3) is 4.18. The summed E-state index contributed by atoms with van der Waals surface area (Å²) >= 11 is 0. The Hall–Kier alpha value is -3.42. The molecular weight excluding hydrogens is 508 g/mol. The molecule has 1 saturated carbocycles. The molecule has 1 unspecified atom stereocenters.